The second-order valence-electron chi connectivity index (χ2n) is 9.43. The molecule has 1 aliphatic carbocycles. The molecule has 1 saturated carbocycles. The molecule has 1 saturated heterocycles. The molecule has 2 aliphatic rings. The van der Waals surface area contributed by atoms with E-state index in [2.05, 4.69) is 27.0 Å². The minimum Gasteiger partial charge on any atom is -0.493 e. The van der Waals surface area contributed by atoms with Gasteiger partial charge in [0.2, 0.25) is 5.91 Å². The monoisotopic (exact) mass is 490 g/mol. The van der Waals surface area contributed by atoms with Gasteiger partial charge < -0.3 is 25.1 Å². The van der Waals surface area contributed by atoms with Gasteiger partial charge in [-0.05, 0) is 43.4 Å². The molecule has 0 bridgehead atoms. The van der Waals surface area contributed by atoms with Gasteiger partial charge in [0.15, 0.2) is 11.5 Å². The fourth-order valence-electron chi connectivity index (χ4n) is 5.56. The summed E-state index contributed by atoms with van der Waals surface area (Å²) in [7, 11) is 3.22. The number of nitrogens with one attached hydrogen (secondary N) is 4. The second kappa shape index (κ2) is 9.56. The van der Waals surface area contributed by atoms with Crippen molar-refractivity contribution in [2.45, 2.75) is 37.1 Å². The fraction of sp³-hybridized carbons (Fsp3) is 0.370. The lowest BCUT2D eigenvalue weighted by Gasteiger charge is -2.34. The zero-order valence-corrected chi connectivity index (χ0v) is 20.4. The molecule has 36 heavy (non-hydrogen) atoms. The molecule has 188 valence electrons. The standard InChI is InChI=1S/C27H30N4O5/c1-35-22-9-5-7-18(23(22)36-2)20(19-14-28-21-8-4-3-6-17(19)21)15-29-24(32)16-10-12-27(13-11-16)25(33)30-26(34)31-27/h3-9,14,16,20,28H,10-13,15H2,1-2H3,(H,29,32)(H2,30,31,33,34). The summed E-state index contributed by atoms with van der Waals surface area (Å²) in [6, 6.07) is 13.4. The third-order valence-corrected chi connectivity index (χ3v) is 7.51. The van der Waals surface area contributed by atoms with Crippen molar-refractivity contribution in [3.05, 3.63) is 59.8 Å². The Hall–Kier alpha value is -4.01. The Bertz CT molecular complexity index is 1310. The van der Waals surface area contributed by atoms with E-state index in [1.54, 1.807) is 14.2 Å². The van der Waals surface area contributed by atoms with Gasteiger partial charge in [0, 0.05) is 41.0 Å². The van der Waals surface area contributed by atoms with Crippen molar-refractivity contribution < 1.29 is 23.9 Å². The molecule has 5 rings (SSSR count). The van der Waals surface area contributed by atoms with Crippen molar-refractivity contribution in [3.63, 3.8) is 0 Å². The predicted octanol–water partition coefficient (Wildman–Crippen LogP) is 3.20. The van der Waals surface area contributed by atoms with Crippen molar-refractivity contribution >= 4 is 28.7 Å². The number of aromatic nitrogens is 1. The Morgan fingerprint density at radius 2 is 1.83 bits per heavy atom. The maximum atomic E-state index is 13.2. The highest BCUT2D eigenvalue weighted by Gasteiger charge is 2.48. The van der Waals surface area contributed by atoms with Crippen LogP contribution < -0.4 is 25.4 Å². The molecule has 9 heteroatoms. The van der Waals surface area contributed by atoms with Crippen LogP contribution in [0.5, 0.6) is 11.5 Å². The summed E-state index contributed by atoms with van der Waals surface area (Å²) in [6.45, 7) is 0.364. The first-order valence-electron chi connectivity index (χ1n) is 12.1. The normalized spacial score (nSPS) is 22.2. The predicted molar refractivity (Wildman–Crippen MR) is 134 cm³/mol. The van der Waals surface area contributed by atoms with Crippen LogP contribution in [0.3, 0.4) is 0 Å². The van der Waals surface area contributed by atoms with Crippen LogP contribution in [0.25, 0.3) is 10.9 Å². The van der Waals surface area contributed by atoms with E-state index in [-0.39, 0.29) is 23.7 Å². The van der Waals surface area contributed by atoms with Crippen LogP contribution in [0.4, 0.5) is 4.79 Å². The third kappa shape index (κ3) is 4.14. The molecular formula is C27H30N4O5. The average molecular weight is 491 g/mol. The van der Waals surface area contributed by atoms with Crippen molar-refractivity contribution in [2.24, 2.45) is 5.92 Å². The number of hydrogen-bond donors (Lipinski definition) is 4. The number of fused-ring (bicyclic) bond motifs is 1. The molecule has 1 atom stereocenters. The highest BCUT2D eigenvalue weighted by Crippen LogP contribution is 2.40. The molecule has 1 aliphatic heterocycles. The zero-order valence-electron chi connectivity index (χ0n) is 20.4. The van der Waals surface area contributed by atoms with Crippen LogP contribution in [0.15, 0.2) is 48.7 Å². The number of carbonyl (C=O) groups excluding carboxylic acids is 3. The minimum absolute atomic E-state index is 0.0544. The summed E-state index contributed by atoms with van der Waals surface area (Å²) >= 11 is 0. The Labute approximate surface area is 208 Å². The maximum absolute atomic E-state index is 13.2. The van der Waals surface area contributed by atoms with Gasteiger partial charge in [-0.25, -0.2) is 4.79 Å². The van der Waals surface area contributed by atoms with Crippen LogP contribution in [-0.4, -0.2) is 49.1 Å². The van der Waals surface area contributed by atoms with E-state index in [9.17, 15) is 14.4 Å². The number of benzene rings is 2. The minimum atomic E-state index is -0.881. The number of hydrogen-bond acceptors (Lipinski definition) is 5. The van der Waals surface area contributed by atoms with Gasteiger partial charge in [-0.15, -0.1) is 0 Å². The van der Waals surface area contributed by atoms with Crippen LogP contribution in [0.2, 0.25) is 0 Å². The van der Waals surface area contributed by atoms with E-state index in [1.807, 2.05) is 42.6 Å². The largest absolute Gasteiger partial charge is 0.493 e. The van der Waals surface area contributed by atoms with E-state index in [4.69, 9.17) is 9.47 Å². The topological polar surface area (TPSA) is 122 Å². The molecular weight excluding hydrogens is 460 g/mol. The Morgan fingerprint density at radius 1 is 1.06 bits per heavy atom. The lowest BCUT2D eigenvalue weighted by Crippen LogP contribution is -2.51. The maximum Gasteiger partial charge on any atom is 0.322 e. The number of amides is 4. The second-order valence-corrected chi connectivity index (χ2v) is 9.43. The van der Waals surface area contributed by atoms with Gasteiger partial charge in [-0.3, -0.25) is 14.9 Å². The molecule has 4 N–H and O–H groups in total. The van der Waals surface area contributed by atoms with Crippen molar-refractivity contribution in [3.8, 4) is 11.5 Å². The molecule has 3 aromatic rings. The van der Waals surface area contributed by atoms with Crippen molar-refractivity contribution in [2.75, 3.05) is 20.8 Å². The van der Waals surface area contributed by atoms with Crippen LogP contribution in [0.1, 0.15) is 42.7 Å². The number of rotatable bonds is 7. The highest BCUT2D eigenvalue weighted by molar-refractivity contribution is 6.07. The Morgan fingerprint density at radius 3 is 2.53 bits per heavy atom. The molecule has 1 aromatic heterocycles. The van der Waals surface area contributed by atoms with Gasteiger partial charge in [0.1, 0.15) is 5.54 Å². The summed E-state index contributed by atoms with van der Waals surface area (Å²) < 4.78 is 11.3. The van der Waals surface area contributed by atoms with Crippen LogP contribution in [-0.2, 0) is 9.59 Å². The number of ether oxygens (including phenoxy) is 2. The Kier molecular flexibility index (Phi) is 6.30. The smallest absolute Gasteiger partial charge is 0.322 e. The lowest BCUT2D eigenvalue weighted by atomic mass is 9.76. The molecule has 2 heterocycles. The van der Waals surface area contributed by atoms with Gasteiger partial charge in [-0.1, -0.05) is 30.3 Å². The van der Waals surface area contributed by atoms with E-state index in [0.717, 1.165) is 22.0 Å². The molecule has 1 spiro atoms. The number of aromatic amines is 1. The van der Waals surface area contributed by atoms with E-state index < -0.39 is 11.6 Å². The molecule has 9 nitrogen and oxygen atoms in total. The first-order chi connectivity index (χ1) is 17.5. The third-order valence-electron chi connectivity index (χ3n) is 7.51. The highest BCUT2D eigenvalue weighted by atomic mass is 16.5. The van der Waals surface area contributed by atoms with E-state index in [1.165, 1.54) is 0 Å². The zero-order chi connectivity index (χ0) is 25.3. The number of imide groups is 1. The SMILES string of the molecule is COc1cccc(C(CNC(=O)C2CCC3(CC2)NC(=O)NC3=O)c2c[nH]c3ccccc23)c1OC. The van der Waals surface area contributed by atoms with Crippen molar-refractivity contribution in [1.29, 1.82) is 0 Å². The summed E-state index contributed by atoms with van der Waals surface area (Å²) in [5, 5.41) is 9.29. The van der Waals surface area contributed by atoms with Gasteiger partial charge in [-0.2, -0.15) is 0 Å². The van der Waals surface area contributed by atoms with Crippen molar-refractivity contribution in [1.82, 2.24) is 20.9 Å². The van der Waals surface area contributed by atoms with Gasteiger partial charge in [0.05, 0.1) is 14.2 Å². The summed E-state index contributed by atoms with van der Waals surface area (Å²) in [5.74, 6) is 0.492. The first kappa shape index (κ1) is 23.7. The van der Waals surface area contributed by atoms with E-state index >= 15 is 0 Å². The number of para-hydroxylation sites is 2. The van der Waals surface area contributed by atoms with Crippen LogP contribution >= 0.6 is 0 Å². The summed E-state index contributed by atoms with van der Waals surface area (Å²) in [5.41, 5.74) is 2.09. The van der Waals surface area contributed by atoms with E-state index in [0.29, 0.717) is 43.7 Å². The first-order valence-corrected chi connectivity index (χ1v) is 12.1. The molecule has 1 unspecified atom stereocenters. The molecule has 0 radical (unpaired) electrons. The number of carbonyl (C=O) groups is 3. The quantitative estimate of drug-likeness (QED) is 0.379. The average Bonchev–Trinajstić information content (AvgIpc) is 3.44. The summed E-state index contributed by atoms with van der Waals surface area (Å²) in [6.07, 6.45) is 3.92. The summed E-state index contributed by atoms with van der Waals surface area (Å²) in [4.78, 5) is 40.4. The lowest BCUT2D eigenvalue weighted by molar-refractivity contribution is -0.130. The van der Waals surface area contributed by atoms with Gasteiger partial charge >= 0.3 is 6.03 Å². The Balaban J connectivity index is 1.38. The molecule has 2 aromatic carbocycles. The number of urea groups is 1. The number of H-pyrrole nitrogens is 1. The fourth-order valence-corrected chi connectivity index (χ4v) is 5.56. The molecule has 2 fully saturated rings. The van der Waals surface area contributed by atoms with Crippen LogP contribution in [0, 0.1) is 5.92 Å². The number of methoxy groups -OCH3 is 2. The van der Waals surface area contributed by atoms with Gasteiger partial charge in [0.25, 0.3) is 5.91 Å². The molecule has 4 amide bonds.